The van der Waals surface area contributed by atoms with Crippen LogP contribution < -0.4 is 11.3 Å². The number of hydrogen-bond donors (Lipinski definition) is 3. The van der Waals surface area contributed by atoms with Crippen LogP contribution in [0.15, 0.2) is 24.3 Å². The van der Waals surface area contributed by atoms with Gasteiger partial charge in [0.15, 0.2) is 0 Å². The number of nitrogens with zero attached hydrogens (tertiary/aromatic N) is 1. The minimum absolute atomic E-state index is 0.217. The van der Waals surface area contributed by atoms with E-state index >= 15 is 0 Å². The SMILES string of the molecule is NNC(=O)c1cccc(CN2CCC(O)C2)c1. The molecule has 92 valence electrons. The van der Waals surface area contributed by atoms with Crippen molar-refractivity contribution in [2.24, 2.45) is 5.84 Å². The molecule has 1 aromatic carbocycles. The predicted octanol–water partition coefficient (Wildman–Crippen LogP) is -0.143. The van der Waals surface area contributed by atoms with Gasteiger partial charge in [-0.2, -0.15) is 0 Å². The van der Waals surface area contributed by atoms with E-state index in [-0.39, 0.29) is 12.0 Å². The summed E-state index contributed by atoms with van der Waals surface area (Å²) in [5.74, 6) is 4.81. The number of benzene rings is 1. The minimum Gasteiger partial charge on any atom is -0.392 e. The Morgan fingerprint density at radius 1 is 1.59 bits per heavy atom. The fraction of sp³-hybridized carbons (Fsp3) is 0.417. The van der Waals surface area contributed by atoms with Crippen LogP contribution in [0.25, 0.3) is 0 Å². The monoisotopic (exact) mass is 235 g/mol. The van der Waals surface area contributed by atoms with Gasteiger partial charge in [0.25, 0.3) is 5.91 Å². The van der Waals surface area contributed by atoms with E-state index < -0.39 is 0 Å². The number of rotatable bonds is 3. The summed E-state index contributed by atoms with van der Waals surface area (Å²) in [4.78, 5) is 13.5. The van der Waals surface area contributed by atoms with Crippen LogP contribution in [0.5, 0.6) is 0 Å². The van der Waals surface area contributed by atoms with Gasteiger partial charge in [0.05, 0.1) is 6.10 Å². The molecule has 1 atom stereocenters. The van der Waals surface area contributed by atoms with Gasteiger partial charge in [-0.25, -0.2) is 5.84 Å². The molecule has 1 aliphatic rings. The van der Waals surface area contributed by atoms with E-state index in [1.54, 1.807) is 6.07 Å². The number of aliphatic hydroxyl groups excluding tert-OH is 1. The van der Waals surface area contributed by atoms with E-state index in [9.17, 15) is 9.90 Å². The van der Waals surface area contributed by atoms with Crippen LogP contribution in [0.2, 0.25) is 0 Å². The third-order valence-corrected chi connectivity index (χ3v) is 2.97. The molecule has 17 heavy (non-hydrogen) atoms. The van der Waals surface area contributed by atoms with Crippen LogP contribution in [-0.2, 0) is 6.54 Å². The van der Waals surface area contributed by atoms with Crippen LogP contribution in [0.1, 0.15) is 22.3 Å². The zero-order valence-corrected chi connectivity index (χ0v) is 9.60. The first-order chi connectivity index (χ1) is 8.19. The van der Waals surface area contributed by atoms with E-state index in [0.29, 0.717) is 12.1 Å². The van der Waals surface area contributed by atoms with E-state index in [2.05, 4.69) is 10.3 Å². The molecule has 4 N–H and O–H groups in total. The average Bonchev–Trinajstić information content (AvgIpc) is 2.74. The summed E-state index contributed by atoms with van der Waals surface area (Å²) in [5, 5.41) is 9.44. The molecule has 1 aliphatic heterocycles. The molecule has 0 saturated carbocycles. The first-order valence-electron chi connectivity index (χ1n) is 5.69. The van der Waals surface area contributed by atoms with Crippen molar-refractivity contribution in [3.8, 4) is 0 Å². The Morgan fingerprint density at radius 3 is 3.06 bits per heavy atom. The highest BCUT2D eigenvalue weighted by Crippen LogP contribution is 2.14. The van der Waals surface area contributed by atoms with Gasteiger partial charge in [0.2, 0.25) is 0 Å². The number of hydrazine groups is 1. The Labute approximate surface area is 100 Å². The zero-order chi connectivity index (χ0) is 12.3. The lowest BCUT2D eigenvalue weighted by Crippen LogP contribution is -2.30. The molecular weight excluding hydrogens is 218 g/mol. The zero-order valence-electron chi connectivity index (χ0n) is 9.60. The number of nitrogens with two attached hydrogens (primary N) is 1. The highest BCUT2D eigenvalue weighted by atomic mass is 16.3. The maximum absolute atomic E-state index is 11.4. The van der Waals surface area contributed by atoms with Crippen LogP contribution in [0.4, 0.5) is 0 Å². The lowest BCUT2D eigenvalue weighted by atomic mass is 10.1. The topological polar surface area (TPSA) is 78.6 Å². The molecule has 2 rings (SSSR count). The number of aliphatic hydroxyl groups is 1. The minimum atomic E-state index is -0.284. The number of amides is 1. The standard InChI is InChI=1S/C12H17N3O2/c13-14-12(17)10-3-1-2-9(6-10)7-15-5-4-11(16)8-15/h1-3,6,11,16H,4-5,7-8,13H2,(H,14,17). The second-order valence-electron chi connectivity index (χ2n) is 4.35. The molecule has 1 fully saturated rings. The van der Waals surface area contributed by atoms with Gasteiger partial charge in [0, 0.05) is 25.2 Å². The summed E-state index contributed by atoms with van der Waals surface area (Å²) in [5.41, 5.74) is 3.73. The molecule has 0 bridgehead atoms. The second-order valence-corrected chi connectivity index (χ2v) is 4.35. The van der Waals surface area contributed by atoms with Gasteiger partial charge in [0.1, 0.15) is 0 Å². The number of nitrogen functional groups attached to an aromatic ring is 1. The van der Waals surface area contributed by atoms with Gasteiger partial charge >= 0.3 is 0 Å². The first-order valence-corrected chi connectivity index (χ1v) is 5.69. The van der Waals surface area contributed by atoms with E-state index in [1.165, 1.54) is 0 Å². The number of likely N-dealkylation sites (tertiary alicyclic amines) is 1. The third-order valence-electron chi connectivity index (χ3n) is 2.97. The molecule has 5 heteroatoms. The summed E-state index contributed by atoms with van der Waals surface area (Å²) >= 11 is 0. The number of hydrogen-bond acceptors (Lipinski definition) is 4. The number of nitrogens with one attached hydrogen (secondary N) is 1. The number of carbonyl (C=O) groups is 1. The first kappa shape index (κ1) is 12.0. The molecule has 1 amide bonds. The van der Waals surface area contributed by atoms with Crippen molar-refractivity contribution >= 4 is 5.91 Å². The second kappa shape index (κ2) is 5.27. The molecule has 1 saturated heterocycles. The van der Waals surface area contributed by atoms with Gasteiger partial charge in [-0.1, -0.05) is 12.1 Å². The van der Waals surface area contributed by atoms with Crippen LogP contribution in [-0.4, -0.2) is 35.1 Å². The molecule has 0 spiro atoms. The fourth-order valence-corrected chi connectivity index (χ4v) is 2.11. The fourth-order valence-electron chi connectivity index (χ4n) is 2.11. The maximum atomic E-state index is 11.4. The van der Waals surface area contributed by atoms with Gasteiger partial charge in [-0.3, -0.25) is 15.1 Å². The van der Waals surface area contributed by atoms with Crippen LogP contribution in [0.3, 0.4) is 0 Å². The molecule has 0 aliphatic carbocycles. The maximum Gasteiger partial charge on any atom is 0.265 e. The van der Waals surface area contributed by atoms with Gasteiger partial charge in [-0.05, 0) is 24.1 Å². The van der Waals surface area contributed by atoms with E-state index in [0.717, 1.165) is 25.1 Å². The predicted molar refractivity (Wildman–Crippen MR) is 64.0 cm³/mol. The average molecular weight is 235 g/mol. The largest absolute Gasteiger partial charge is 0.392 e. The normalized spacial score (nSPS) is 20.5. The Bertz CT molecular complexity index is 408. The summed E-state index contributed by atoms with van der Waals surface area (Å²) < 4.78 is 0. The van der Waals surface area contributed by atoms with Crippen molar-refractivity contribution in [1.29, 1.82) is 0 Å². The number of β-amino-alcohol motifs (C(OH)–C–C–N with tert-alkyl or cyclic N) is 1. The van der Waals surface area contributed by atoms with Gasteiger partial charge in [-0.15, -0.1) is 0 Å². The molecule has 0 aromatic heterocycles. The lowest BCUT2D eigenvalue weighted by Gasteiger charge is -2.15. The van der Waals surface area contributed by atoms with E-state index in [1.807, 2.05) is 18.2 Å². The highest BCUT2D eigenvalue weighted by molar-refractivity contribution is 5.93. The molecular formula is C12H17N3O2. The Morgan fingerprint density at radius 2 is 2.41 bits per heavy atom. The van der Waals surface area contributed by atoms with Crippen molar-refractivity contribution in [1.82, 2.24) is 10.3 Å². The number of carbonyl (C=O) groups excluding carboxylic acids is 1. The van der Waals surface area contributed by atoms with E-state index in [4.69, 9.17) is 5.84 Å². The van der Waals surface area contributed by atoms with Crippen molar-refractivity contribution in [3.05, 3.63) is 35.4 Å². The molecule has 1 aromatic rings. The summed E-state index contributed by atoms with van der Waals surface area (Å²) in [6.45, 7) is 2.35. The van der Waals surface area contributed by atoms with Gasteiger partial charge < -0.3 is 5.11 Å². The van der Waals surface area contributed by atoms with Crippen molar-refractivity contribution < 1.29 is 9.90 Å². The van der Waals surface area contributed by atoms with Crippen molar-refractivity contribution in [2.75, 3.05) is 13.1 Å². The lowest BCUT2D eigenvalue weighted by molar-refractivity contribution is 0.0953. The molecule has 1 unspecified atom stereocenters. The molecule has 1 heterocycles. The van der Waals surface area contributed by atoms with Crippen molar-refractivity contribution in [2.45, 2.75) is 19.1 Å². The quantitative estimate of drug-likeness (QED) is 0.387. The summed E-state index contributed by atoms with van der Waals surface area (Å²) in [6, 6.07) is 7.36. The highest BCUT2D eigenvalue weighted by Gasteiger charge is 2.20. The smallest absolute Gasteiger partial charge is 0.265 e. The Balaban J connectivity index is 2.03. The summed E-state index contributed by atoms with van der Waals surface area (Å²) in [6.07, 6.45) is 0.605. The molecule has 5 nitrogen and oxygen atoms in total. The Kier molecular flexibility index (Phi) is 3.73. The molecule has 0 radical (unpaired) electrons. The van der Waals surface area contributed by atoms with Crippen molar-refractivity contribution in [3.63, 3.8) is 0 Å². The Hall–Kier alpha value is -1.43. The van der Waals surface area contributed by atoms with Crippen LogP contribution >= 0.6 is 0 Å². The van der Waals surface area contributed by atoms with Crippen LogP contribution in [0, 0.1) is 0 Å². The third kappa shape index (κ3) is 3.03. The summed E-state index contributed by atoms with van der Waals surface area (Å²) in [7, 11) is 0.